The molecule has 2 rings (SSSR count). The Morgan fingerprint density at radius 1 is 1.21 bits per heavy atom. The highest BCUT2D eigenvalue weighted by atomic mass is 32.1. The Kier molecular flexibility index (Phi) is 6.39. The van der Waals surface area contributed by atoms with Crippen LogP contribution in [0.15, 0.2) is 30.3 Å². The van der Waals surface area contributed by atoms with Gasteiger partial charge in [-0.25, -0.2) is 0 Å². The number of aliphatic hydroxyl groups is 1. The average molecular weight is 348 g/mol. The molecule has 2 aromatic rings. The summed E-state index contributed by atoms with van der Waals surface area (Å²) < 4.78 is 0. The van der Waals surface area contributed by atoms with Crippen molar-refractivity contribution >= 4 is 28.3 Å². The monoisotopic (exact) mass is 348 g/mol. The Morgan fingerprint density at radius 3 is 2.50 bits per heavy atom. The van der Waals surface area contributed by atoms with Crippen LogP contribution in [0.5, 0.6) is 0 Å². The molecular weight excluding hydrogens is 328 g/mol. The summed E-state index contributed by atoms with van der Waals surface area (Å²) in [5, 5.41) is 24.1. The van der Waals surface area contributed by atoms with Gasteiger partial charge in [0.1, 0.15) is 11.0 Å². The lowest BCUT2D eigenvalue weighted by Crippen LogP contribution is -2.45. The lowest BCUT2D eigenvalue weighted by atomic mass is 10.1. The zero-order valence-electron chi connectivity index (χ0n) is 13.5. The molecule has 0 aliphatic heterocycles. The summed E-state index contributed by atoms with van der Waals surface area (Å²) in [4.78, 5) is 24.6. The van der Waals surface area contributed by atoms with Gasteiger partial charge in [-0.15, -0.1) is 10.2 Å². The van der Waals surface area contributed by atoms with Crippen LogP contribution in [0.2, 0.25) is 0 Å². The van der Waals surface area contributed by atoms with Gasteiger partial charge in [-0.1, -0.05) is 55.0 Å². The van der Waals surface area contributed by atoms with Crippen LogP contribution in [0.4, 0.5) is 5.13 Å². The van der Waals surface area contributed by atoms with Gasteiger partial charge in [-0.3, -0.25) is 14.9 Å². The van der Waals surface area contributed by atoms with Crippen LogP contribution < -0.4 is 10.6 Å². The van der Waals surface area contributed by atoms with Crippen molar-refractivity contribution in [1.82, 2.24) is 15.5 Å². The van der Waals surface area contributed by atoms with Crippen molar-refractivity contribution in [1.29, 1.82) is 0 Å². The third-order valence-electron chi connectivity index (χ3n) is 3.33. The number of hydrogen-bond donors (Lipinski definition) is 3. The molecule has 1 aromatic carbocycles. The van der Waals surface area contributed by atoms with E-state index in [1.165, 1.54) is 11.3 Å². The molecular formula is C16H20N4O3S. The second-order valence-corrected chi connectivity index (χ2v) is 6.46. The first kappa shape index (κ1) is 18.0. The number of nitrogens with one attached hydrogen (secondary N) is 2. The normalized spacial score (nSPS) is 13.1. The summed E-state index contributed by atoms with van der Waals surface area (Å²) in [6.07, 6.45) is -0.159. The van der Waals surface area contributed by atoms with Crippen LogP contribution in [0.1, 0.15) is 36.4 Å². The number of aryl methyl sites for hydroxylation is 1. The largest absolute Gasteiger partial charge is 0.378 e. The third kappa shape index (κ3) is 4.84. The highest BCUT2D eigenvalue weighted by Crippen LogP contribution is 2.16. The van der Waals surface area contributed by atoms with E-state index >= 15 is 0 Å². The van der Waals surface area contributed by atoms with Gasteiger partial charge in [0.05, 0.1) is 0 Å². The van der Waals surface area contributed by atoms with Crippen molar-refractivity contribution < 1.29 is 14.7 Å². The zero-order valence-corrected chi connectivity index (χ0v) is 14.3. The fourth-order valence-corrected chi connectivity index (χ4v) is 2.73. The summed E-state index contributed by atoms with van der Waals surface area (Å²) in [7, 11) is 0. The molecule has 0 fully saturated rings. The predicted molar refractivity (Wildman–Crippen MR) is 91.5 cm³/mol. The molecule has 0 aliphatic carbocycles. The number of aromatic nitrogens is 2. The molecule has 128 valence electrons. The van der Waals surface area contributed by atoms with Crippen LogP contribution >= 0.6 is 11.3 Å². The number of rotatable bonds is 7. The van der Waals surface area contributed by atoms with Gasteiger partial charge >= 0.3 is 0 Å². The van der Waals surface area contributed by atoms with Gasteiger partial charge in [0.15, 0.2) is 6.10 Å². The number of amides is 2. The Bertz CT molecular complexity index is 690. The molecule has 7 nitrogen and oxygen atoms in total. The Labute approximate surface area is 144 Å². The number of nitrogens with zero attached hydrogens (tertiary/aromatic N) is 2. The third-order valence-corrected chi connectivity index (χ3v) is 4.08. The fraction of sp³-hybridized carbons (Fsp3) is 0.375. The first-order valence-corrected chi connectivity index (χ1v) is 8.47. The van der Waals surface area contributed by atoms with Crippen LogP contribution in [0.25, 0.3) is 0 Å². The van der Waals surface area contributed by atoms with Crippen molar-refractivity contribution in [3.8, 4) is 0 Å². The van der Waals surface area contributed by atoms with E-state index in [0.29, 0.717) is 23.5 Å². The highest BCUT2D eigenvalue weighted by Gasteiger charge is 2.25. The summed E-state index contributed by atoms with van der Waals surface area (Å²) in [6.45, 7) is 3.70. The molecule has 0 unspecified atom stereocenters. The zero-order chi connectivity index (χ0) is 17.5. The molecule has 24 heavy (non-hydrogen) atoms. The molecule has 1 aromatic heterocycles. The molecule has 2 amide bonds. The topological polar surface area (TPSA) is 104 Å². The van der Waals surface area contributed by atoms with E-state index in [9.17, 15) is 14.7 Å². The minimum Gasteiger partial charge on any atom is -0.378 e. The molecule has 0 saturated heterocycles. The van der Waals surface area contributed by atoms with Crippen LogP contribution in [0, 0.1) is 6.92 Å². The molecule has 0 bridgehead atoms. The molecule has 3 N–H and O–H groups in total. The second-order valence-electron chi connectivity index (χ2n) is 5.28. The number of anilines is 1. The van der Waals surface area contributed by atoms with Crippen molar-refractivity contribution in [2.45, 2.75) is 38.8 Å². The molecule has 2 atom stereocenters. The minimum absolute atomic E-state index is 0.374. The number of hydrogen-bond acceptors (Lipinski definition) is 6. The molecule has 0 radical (unpaired) electrons. The maximum absolute atomic E-state index is 12.3. The first-order chi connectivity index (χ1) is 11.5. The van der Waals surface area contributed by atoms with Crippen molar-refractivity contribution in [3.63, 3.8) is 0 Å². The standard InChI is InChI=1S/C16H20N4O3S/c1-3-7-12(14(22)18-16-20-19-10(2)24-16)17-15(23)13(21)11-8-5-4-6-9-11/h4-6,8-9,12-13,21H,3,7H2,1-2H3,(H,17,23)(H,18,20,22)/t12-,13-/m0/s1. The van der Waals surface area contributed by atoms with Crippen LogP contribution in [-0.2, 0) is 9.59 Å². The Hall–Kier alpha value is -2.32. The summed E-state index contributed by atoms with van der Waals surface area (Å²) in [6, 6.07) is 7.84. The van der Waals surface area contributed by atoms with Crippen molar-refractivity contribution in [3.05, 3.63) is 40.9 Å². The number of carbonyl (C=O) groups excluding carboxylic acids is 2. The van der Waals surface area contributed by atoms with Crippen molar-refractivity contribution in [2.24, 2.45) is 0 Å². The van der Waals surface area contributed by atoms with E-state index in [1.54, 1.807) is 37.3 Å². The molecule has 8 heteroatoms. The quantitative estimate of drug-likeness (QED) is 0.708. The average Bonchev–Trinajstić information content (AvgIpc) is 2.99. The molecule has 0 spiro atoms. The molecule has 1 heterocycles. The SMILES string of the molecule is CCC[C@H](NC(=O)[C@@H](O)c1ccccc1)C(=O)Nc1nnc(C)s1. The molecule has 0 aliphatic rings. The summed E-state index contributed by atoms with van der Waals surface area (Å²) in [5.41, 5.74) is 0.477. The predicted octanol–water partition coefficient (Wildman–Crippen LogP) is 1.80. The van der Waals surface area contributed by atoms with Gasteiger partial charge in [0.2, 0.25) is 11.0 Å². The van der Waals surface area contributed by atoms with Crippen LogP contribution in [-0.4, -0.2) is 33.2 Å². The van der Waals surface area contributed by atoms with Crippen LogP contribution in [0.3, 0.4) is 0 Å². The van der Waals surface area contributed by atoms with E-state index in [2.05, 4.69) is 20.8 Å². The van der Waals surface area contributed by atoms with E-state index < -0.39 is 18.1 Å². The second kappa shape index (κ2) is 8.51. The minimum atomic E-state index is -1.32. The summed E-state index contributed by atoms with van der Waals surface area (Å²) >= 11 is 1.26. The number of benzene rings is 1. The smallest absolute Gasteiger partial charge is 0.254 e. The highest BCUT2D eigenvalue weighted by molar-refractivity contribution is 7.15. The number of aliphatic hydroxyl groups excluding tert-OH is 1. The van der Waals surface area contributed by atoms with E-state index in [1.807, 2.05) is 6.92 Å². The van der Waals surface area contributed by atoms with Gasteiger partial charge in [-0.2, -0.15) is 0 Å². The lowest BCUT2D eigenvalue weighted by Gasteiger charge is -2.19. The first-order valence-electron chi connectivity index (χ1n) is 7.65. The van der Waals surface area contributed by atoms with Gasteiger partial charge < -0.3 is 10.4 Å². The Morgan fingerprint density at radius 2 is 1.92 bits per heavy atom. The number of carbonyl (C=O) groups is 2. The molecule has 0 saturated carbocycles. The van der Waals surface area contributed by atoms with E-state index in [4.69, 9.17) is 0 Å². The fourth-order valence-electron chi connectivity index (χ4n) is 2.13. The van der Waals surface area contributed by atoms with Gasteiger partial charge in [0.25, 0.3) is 5.91 Å². The van der Waals surface area contributed by atoms with E-state index in [0.717, 1.165) is 5.01 Å². The summed E-state index contributed by atoms with van der Waals surface area (Å²) in [5.74, 6) is -0.982. The maximum atomic E-state index is 12.3. The van der Waals surface area contributed by atoms with E-state index in [-0.39, 0.29) is 5.91 Å². The maximum Gasteiger partial charge on any atom is 0.254 e. The van der Waals surface area contributed by atoms with Crippen molar-refractivity contribution in [2.75, 3.05) is 5.32 Å². The lowest BCUT2D eigenvalue weighted by molar-refractivity contribution is -0.133. The van der Waals surface area contributed by atoms with Gasteiger partial charge in [0, 0.05) is 0 Å². The Balaban J connectivity index is 2.01. The van der Waals surface area contributed by atoms with Gasteiger partial charge in [-0.05, 0) is 18.9 Å².